The highest BCUT2D eigenvalue weighted by Crippen LogP contribution is 2.42. The number of hydrogen-bond acceptors (Lipinski definition) is 5. The Labute approximate surface area is 184 Å². The van der Waals surface area contributed by atoms with Crippen molar-refractivity contribution >= 4 is 28.4 Å². The Bertz CT molecular complexity index is 705. The Morgan fingerprint density at radius 3 is 2.17 bits per heavy atom. The minimum Gasteiger partial charge on any atom is -0.414 e. The molecule has 0 bridgehead atoms. The van der Waals surface area contributed by atoms with Crippen LogP contribution in [-0.2, 0) is 18.4 Å². The molecule has 1 amide bonds. The Kier molecular flexibility index (Phi) is 7.31. The molecule has 172 valence electrons. The van der Waals surface area contributed by atoms with E-state index < -0.39 is 22.6 Å². The van der Waals surface area contributed by atoms with Crippen molar-refractivity contribution < 1.29 is 18.4 Å². The summed E-state index contributed by atoms with van der Waals surface area (Å²) in [7, 11) is -3.93. The number of dihydropyridines is 1. The van der Waals surface area contributed by atoms with Gasteiger partial charge in [-0.05, 0) is 42.3 Å². The molecule has 8 heteroatoms. The first-order valence-electron chi connectivity index (χ1n) is 11.0. The van der Waals surface area contributed by atoms with E-state index in [4.69, 9.17) is 19.3 Å². The predicted molar refractivity (Wildman–Crippen MR) is 128 cm³/mol. The van der Waals surface area contributed by atoms with Gasteiger partial charge in [0.15, 0.2) is 16.6 Å². The van der Waals surface area contributed by atoms with Gasteiger partial charge in [-0.1, -0.05) is 47.6 Å². The van der Waals surface area contributed by atoms with Crippen LogP contribution in [0.2, 0.25) is 36.3 Å². The second-order valence-corrected chi connectivity index (χ2v) is 21.3. The lowest BCUT2D eigenvalue weighted by Crippen LogP contribution is -2.48. The first-order chi connectivity index (χ1) is 13.4. The van der Waals surface area contributed by atoms with Crippen LogP contribution in [0.15, 0.2) is 17.1 Å². The Hall–Kier alpha value is -0.806. The predicted octanol–water partition coefficient (Wildman–Crippen LogP) is 4.63. The molecule has 1 fully saturated rings. The summed E-state index contributed by atoms with van der Waals surface area (Å²) in [6, 6.07) is 0. The van der Waals surface area contributed by atoms with Crippen LogP contribution in [-0.4, -0.2) is 53.3 Å². The highest BCUT2D eigenvalue weighted by Gasteiger charge is 2.48. The molecule has 0 aromatic carbocycles. The quantitative estimate of drug-likeness (QED) is 0.592. The molecule has 2 N–H and O–H groups in total. The van der Waals surface area contributed by atoms with Gasteiger partial charge < -0.3 is 19.3 Å². The maximum atomic E-state index is 12.4. The van der Waals surface area contributed by atoms with E-state index >= 15 is 0 Å². The fourth-order valence-corrected chi connectivity index (χ4v) is 5.49. The van der Waals surface area contributed by atoms with Gasteiger partial charge in [0.25, 0.3) is 5.91 Å². The Morgan fingerprint density at radius 2 is 1.67 bits per heavy atom. The summed E-state index contributed by atoms with van der Waals surface area (Å²) < 4.78 is 19.6. The first kappa shape index (κ1) is 25.5. The minimum atomic E-state index is -2.01. The number of aliphatic imine (C=N–C) groups is 1. The van der Waals surface area contributed by atoms with Gasteiger partial charge in [-0.15, -0.1) is 0 Å². The third-order valence-electron chi connectivity index (χ3n) is 7.30. The lowest BCUT2D eigenvalue weighted by Gasteiger charge is -2.40. The van der Waals surface area contributed by atoms with Gasteiger partial charge in [0.05, 0.1) is 24.7 Å². The third kappa shape index (κ3) is 5.70. The Balaban J connectivity index is 2.20. The molecule has 2 aliphatic heterocycles. The molecule has 2 unspecified atom stereocenters. The zero-order valence-corrected chi connectivity index (χ0v) is 22.5. The van der Waals surface area contributed by atoms with Crippen molar-refractivity contribution in [1.82, 2.24) is 0 Å². The van der Waals surface area contributed by atoms with Crippen LogP contribution >= 0.6 is 0 Å². The lowest BCUT2D eigenvalue weighted by atomic mass is 9.96. The molecule has 2 aliphatic rings. The summed E-state index contributed by atoms with van der Waals surface area (Å²) in [4.78, 5) is 16.4. The van der Waals surface area contributed by atoms with Crippen LogP contribution in [0, 0.1) is 5.92 Å². The van der Waals surface area contributed by atoms with Gasteiger partial charge in [0, 0.05) is 6.42 Å². The zero-order valence-electron chi connectivity index (χ0n) is 20.5. The SMILES string of the molecule is CC(C)(C)[Si](C)(C)OC[C@H]1O[C@@H](C2C=CC(N)=NC2=O)CC1O[Si](C)(C)C(C)(C)C. The molecule has 0 spiro atoms. The van der Waals surface area contributed by atoms with Crippen LogP contribution in [0.5, 0.6) is 0 Å². The molecule has 30 heavy (non-hydrogen) atoms. The summed E-state index contributed by atoms with van der Waals surface area (Å²) in [5, 5.41) is 0.213. The standard InChI is InChI=1S/C22H42N2O4Si2/c1-21(2,3)29(7,8)26-14-18-17(28-30(9,10)22(4,5)6)13-16(27-18)15-11-12-19(23)24-20(15)25/h11-12,15-18H,13-14H2,1-10H3,(H2,23,24,25)/t15?,16-,17?,18-/m1/s1. The molecule has 0 aliphatic carbocycles. The van der Waals surface area contributed by atoms with Gasteiger partial charge in [-0.25, -0.2) is 0 Å². The van der Waals surface area contributed by atoms with E-state index in [1.165, 1.54) is 0 Å². The largest absolute Gasteiger partial charge is 0.414 e. The summed E-state index contributed by atoms with van der Waals surface area (Å²) in [5.74, 6) is -0.404. The second-order valence-electron chi connectivity index (χ2n) is 11.7. The van der Waals surface area contributed by atoms with E-state index in [1.54, 1.807) is 6.08 Å². The number of nitrogens with zero attached hydrogens (tertiary/aromatic N) is 1. The molecule has 4 atom stereocenters. The summed E-state index contributed by atoms with van der Waals surface area (Å²) >= 11 is 0. The van der Waals surface area contributed by atoms with Gasteiger partial charge in [0.2, 0.25) is 0 Å². The fraction of sp³-hybridized carbons (Fsp3) is 0.818. The highest BCUT2D eigenvalue weighted by molar-refractivity contribution is 6.74. The fourth-order valence-electron chi connectivity index (χ4n) is 3.12. The van der Waals surface area contributed by atoms with Crippen LogP contribution in [0.25, 0.3) is 0 Å². The summed E-state index contributed by atoms with van der Waals surface area (Å²) in [6.07, 6.45) is 3.61. The molecule has 0 aromatic heterocycles. The van der Waals surface area contributed by atoms with E-state index in [9.17, 15) is 4.79 Å². The Morgan fingerprint density at radius 1 is 1.10 bits per heavy atom. The van der Waals surface area contributed by atoms with Gasteiger partial charge >= 0.3 is 0 Å². The van der Waals surface area contributed by atoms with E-state index in [-0.39, 0.29) is 40.1 Å². The molecule has 2 rings (SSSR count). The third-order valence-corrected chi connectivity index (χ3v) is 16.3. The van der Waals surface area contributed by atoms with Crippen molar-refractivity contribution in [3.8, 4) is 0 Å². The zero-order chi connectivity index (χ0) is 23.1. The van der Waals surface area contributed by atoms with Crippen molar-refractivity contribution in [3.63, 3.8) is 0 Å². The minimum absolute atomic E-state index is 0.0925. The monoisotopic (exact) mass is 454 g/mol. The summed E-state index contributed by atoms with van der Waals surface area (Å²) in [5.41, 5.74) is 5.68. The highest BCUT2D eigenvalue weighted by atomic mass is 28.4. The average molecular weight is 455 g/mol. The normalized spacial score (nSPS) is 28.7. The average Bonchev–Trinajstić information content (AvgIpc) is 2.92. The van der Waals surface area contributed by atoms with Crippen molar-refractivity contribution in [2.45, 2.75) is 103 Å². The van der Waals surface area contributed by atoms with Crippen LogP contribution < -0.4 is 5.73 Å². The lowest BCUT2D eigenvalue weighted by molar-refractivity contribution is -0.124. The van der Waals surface area contributed by atoms with Crippen LogP contribution in [0.3, 0.4) is 0 Å². The number of ether oxygens (including phenoxy) is 1. The van der Waals surface area contributed by atoms with Crippen LogP contribution in [0.1, 0.15) is 48.0 Å². The number of hydrogen-bond donors (Lipinski definition) is 1. The molecule has 0 aromatic rings. The van der Waals surface area contributed by atoms with Crippen molar-refractivity contribution in [2.24, 2.45) is 16.6 Å². The van der Waals surface area contributed by atoms with Gasteiger partial charge in [-0.2, -0.15) is 4.99 Å². The van der Waals surface area contributed by atoms with Crippen molar-refractivity contribution in [2.75, 3.05) is 6.61 Å². The molecular formula is C22H42N2O4Si2. The van der Waals surface area contributed by atoms with Crippen molar-refractivity contribution in [3.05, 3.63) is 12.2 Å². The molecule has 6 nitrogen and oxygen atoms in total. The smallest absolute Gasteiger partial charge is 0.257 e. The summed E-state index contributed by atoms with van der Waals surface area (Å²) in [6.45, 7) is 22.9. The number of carbonyl (C=O) groups excluding carboxylic acids is 1. The van der Waals surface area contributed by atoms with Crippen LogP contribution in [0.4, 0.5) is 0 Å². The van der Waals surface area contributed by atoms with E-state index in [0.717, 1.165) is 0 Å². The van der Waals surface area contributed by atoms with E-state index in [2.05, 4.69) is 72.7 Å². The molecule has 2 heterocycles. The molecule has 0 radical (unpaired) electrons. The van der Waals surface area contributed by atoms with E-state index in [1.807, 2.05) is 6.08 Å². The maximum absolute atomic E-state index is 12.4. The number of carbonyl (C=O) groups is 1. The van der Waals surface area contributed by atoms with Gasteiger partial charge in [0.1, 0.15) is 11.9 Å². The van der Waals surface area contributed by atoms with Crippen molar-refractivity contribution in [1.29, 1.82) is 0 Å². The molecule has 1 saturated heterocycles. The maximum Gasteiger partial charge on any atom is 0.257 e. The topological polar surface area (TPSA) is 83.1 Å². The number of nitrogens with two attached hydrogens (primary N) is 1. The number of amidine groups is 1. The first-order valence-corrected chi connectivity index (χ1v) is 16.8. The number of amides is 1. The molecule has 0 saturated carbocycles. The number of rotatable bonds is 6. The van der Waals surface area contributed by atoms with E-state index in [0.29, 0.717) is 13.0 Å². The molecular weight excluding hydrogens is 412 g/mol. The van der Waals surface area contributed by atoms with Gasteiger partial charge in [-0.3, -0.25) is 4.79 Å². The second kappa shape index (κ2) is 8.62.